The Bertz CT molecular complexity index is 1020. The van der Waals surface area contributed by atoms with Gasteiger partial charge in [-0.25, -0.2) is 4.63 Å². The lowest BCUT2D eigenvalue weighted by Gasteiger charge is -2.42. The molecule has 0 aliphatic carbocycles. The van der Waals surface area contributed by atoms with Gasteiger partial charge in [-0.05, 0) is 71.6 Å². The van der Waals surface area contributed by atoms with Crippen molar-refractivity contribution < 1.29 is 9.42 Å². The molecule has 0 saturated carbocycles. The highest BCUT2D eigenvalue weighted by Crippen LogP contribution is 2.35. The number of nitrogens with one attached hydrogen (secondary N) is 1. The number of carbonyl (C=O) groups is 1. The maximum Gasteiger partial charge on any atom is 0.221 e. The molecule has 0 radical (unpaired) electrons. The minimum atomic E-state index is -0.0728. The van der Waals surface area contributed by atoms with E-state index in [1.807, 2.05) is 30.3 Å². The van der Waals surface area contributed by atoms with Gasteiger partial charge in [0.15, 0.2) is 5.52 Å². The quantitative estimate of drug-likeness (QED) is 0.719. The fourth-order valence-electron chi connectivity index (χ4n) is 4.44. The van der Waals surface area contributed by atoms with Gasteiger partial charge in [0.2, 0.25) is 5.91 Å². The summed E-state index contributed by atoms with van der Waals surface area (Å²) < 4.78 is 5.03. The zero-order valence-electron chi connectivity index (χ0n) is 16.6. The van der Waals surface area contributed by atoms with Gasteiger partial charge < -0.3 is 15.1 Å². The Balaban J connectivity index is 1.37. The summed E-state index contributed by atoms with van der Waals surface area (Å²) in [5.74, 6) is 0.639. The normalized spacial score (nSPS) is 17.6. The Morgan fingerprint density at radius 1 is 1.10 bits per heavy atom. The van der Waals surface area contributed by atoms with Gasteiger partial charge in [0, 0.05) is 38.2 Å². The van der Waals surface area contributed by atoms with E-state index >= 15 is 0 Å². The molecule has 5 rings (SSSR count). The van der Waals surface area contributed by atoms with Crippen molar-refractivity contribution in [2.24, 2.45) is 5.92 Å². The first kappa shape index (κ1) is 18.1. The Kier molecular flexibility index (Phi) is 4.67. The predicted molar refractivity (Wildman–Crippen MR) is 113 cm³/mol. The number of hydrogen-bond acceptors (Lipinski definition) is 6. The van der Waals surface area contributed by atoms with E-state index in [9.17, 15) is 4.79 Å². The maximum atomic E-state index is 11.2. The minimum Gasteiger partial charge on any atom is -0.369 e. The summed E-state index contributed by atoms with van der Waals surface area (Å²) in [5.41, 5.74) is 5.61. The first-order valence-corrected chi connectivity index (χ1v) is 10.3. The summed E-state index contributed by atoms with van der Waals surface area (Å²) in [7, 11) is 0. The molecule has 150 valence electrons. The lowest BCUT2D eigenvalue weighted by molar-refractivity contribution is -0.114. The first-order valence-electron chi connectivity index (χ1n) is 10.3. The van der Waals surface area contributed by atoms with Crippen molar-refractivity contribution in [3.63, 3.8) is 0 Å². The van der Waals surface area contributed by atoms with Crippen LogP contribution in [0, 0.1) is 5.92 Å². The van der Waals surface area contributed by atoms with Crippen LogP contribution >= 0.6 is 0 Å². The lowest BCUT2D eigenvalue weighted by Crippen LogP contribution is -2.51. The number of benzene rings is 2. The smallest absolute Gasteiger partial charge is 0.221 e. The zero-order valence-corrected chi connectivity index (χ0v) is 16.6. The highest BCUT2D eigenvalue weighted by Gasteiger charge is 2.31. The molecule has 0 spiro atoms. The van der Waals surface area contributed by atoms with E-state index in [-0.39, 0.29) is 5.91 Å². The summed E-state index contributed by atoms with van der Waals surface area (Å²) >= 11 is 0. The fourth-order valence-corrected chi connectivity index (χ4v) is 4.44. The molecule has 2 fully saturated rings. The van der Waals surface area contributed by atoms with Crippen LogP contribution in [0.4, 0.5) is 11.4 Å². The molecule has 2 aliphatic heterocycles. The van der Waals surface area contributed by atoms with Crippen LogP contribution in [0.3, 0.4) is 0 Å². The van der Waals surface area contributed by atoms with Crippen LogP contribution in [-0.2, 0) is 4.79 Å². The number of aromatic nitrogens is 2. The zero-order chi connectivity index (χ0) is 19.8. The number of likely N-dealkylation sites (tertiary alicyclic amines) is 1. The van der Waals surface area contributed by atoms with E-state index in [0.29, 0.717) is 5.92 Å². The lowest BCUT2D eigenvalue weighted by atomic mass is 9.96. The Morgan fingerprint density at radius 3 is 2.59 bits per heavy atom. The van der Waals surface area contributed by atoms with Crippen LogP contribution in [0.5, 0.6) is 0 Å². The summed E-state index contributed by atoms with van der Waals surface area (Å²) in [4.78, 5) is 16.2. The van der Waals surface area contributed by atoms with Gasteiger partial charge in [-0.3, -0.25) is 4.79 Å². The van der Waals surface area contributed by atoms with Crippen molar-refractivity contribution in [2.45, 2.75) is 19.8 Å². The SMILES string of the molecule is CC(=O)Nc1ccc(-c2cc(N3CC(CN4CCCC4)C3)c3nonc3c2)cc1. The number of hydrogen-bond donors (Lipinski definition) is 1. The minimum absolute atomic E-state index is 0.0728. The highest BCUT2D eigenvalue weighted by molar-refractivity contribution is 5.93. The van der Waals surface area contributed by atoms with Crippen molar-refractivity contribution >= 4 is 28.3 Å². The van der Waals surface area contributed by atoms with Gasteiger partial charge in [-0.1, -0.05) is 12.1 Å². The van der Waals surface area contributed by atoms with Crippen LogP contribution in [0.25, 0.3) is 22.2 Å². The third-order valence-electron chi connectivity index (χ3n) is 5.89. The topological polar surface area (TPSA) is 74.5 Å². The Morgan fingerprint density at radius 2 is 1.86 bits per heavy atom. The Hall–Kier alpha value is -2.93. The third-order valence-corrected chi connectivity index (χ3v) is 5.89. The van der Waals surface area contributed by atoms with Gasteiger partial charge in [0.25, 0.3) is 0 Å². The molecule has 3 aromatic rings. The van der Waals surface area contributed by atoms with Crippen LogP contribution in [-0.4, -0.2) is 53.8 Å². The van der Waals surface area contributed by atoms with Crippen molar-refractivity contribution in [1.29, 1.82) is 0 Å². The van der Waals surface area contributed by atoms with E-state index in [1.54, 1.807) is 0 Å². The number of rotatable bonds is 5. The number of anilines is 2. The summed E-state index contributed by atoms with van der Waals surface area (Å²) in [6, 6.07) is 12.0. The van der Waals surface area contributed by atoms with Gasteiger partial charge >= 0.3 is 0 Å². The molecule has 0 unspecified atom stereocenters. The van der Waals surface area contributed by atoms with Crippen molar-refractivity contribution in [3.8, 4) is 11.1 Å². The monoisotopic (exact) mass is 391 g/mol. The van der Waals surface area contributed by atoms with E-state index < -0.39 is 0 Å². The number of carbonyl (C=O) groups excluding carboxylic acids is 1. The molecular formula is C22H25N5O2. The molecular weight excluding hydrogens is 366 g/mol. The standard InChI is InChI=1S/C22H25N5O2/c1-15(28)23-19-6-4-17(5-7-19)18-10-20-22(25-29-24-20)21(11-18)27-13-16(14-27)12-26-8-2-3-9-26/h4-7,10-11,16H,2-3,8-9,12-14H2,1H3,(H,23,28). The third kappa shape index (κ3) is 3.70. The van der Waals surface area contributed by atoms with Gasteiger partial charge in [-0.2, -0.15) is 0 Å². The Labute approximate surface area is 169 Å². The molecule has 1 aromatic heterocycles. The summed E-state index contributed by atoms with van der Waals surface area (Å²) in [6.07, 6.45) is 2.68. The van der Waals surface area contributed by atoms with E-state index in [1.165, 1.54) is 39.4 Å². The van der Waals surface area contributed by atoms with Crippen molar-refractivity contribution in [3.05, 3.63) is 36.4 Å². The fraction of sp³-hybridized carbons (Fsp3) is 0.409. The molecule has 7 nitrogen and oxygen atoms in total. The van der Waals surface area contributed by atoms with Crippen LogP contribution in [0.1, 0.15) is 19.8 Å². The second-order valence-electron chi connectivity index (χ2n) is 8.16. The van der Waals surface area contributed by atoms with Crippen LogP contribution in [0.2, 0.25) is 0 Å². The second-order valence-corrected chi connectivity index (χ2v) is 8.16. The molecule has 1 N–H and O–H groups in total. The maximum absolute atomic E-state index is 11.2. The molecule has 7 heteroatoms. The molecule has 2 saturated heterocycles. The second kappa shape index (κ2) is 7.48. The number of nitrogens with zero attached hydrogens (tertiary/aromatic N) is 4. The number of fused-ring (bicyclic) bond motifs is 1. The average Bonchev–Trinajstić information content (AvgIpc) is 3.35. The first-order chi connectivity index (χ1) is 14.2. The molecule has 0 bridgehead atoms. The predicted octanol–water partition coefficient (Wildman–Crippen LogP) is 3.38. The highest BCUT2D eigenvalue weighted by atomic mass is 16.6. The van der Waals surface area contributed by atoms with Gasteiger partial charge in [0.05, 0.1) is 5.69 Å². The molecule has 29 heavy (non-hydrogen) atoms. The molecule has 2 aliphatic rings. The van der Waals surface area contributed by atoms with Gasteiger partial charge in [-0.15, -0.1) is 0 Å². The molecule has 1 amide bonds. The van der Waals surface area contributed by atoms with Gasteiger partial charge in [0.1, 0.15) is 5.52 Å². The summed E-state index contributed by atoms with van der Waals surface area (Å²) in [5, 5.41) is 11.0. The molecule has 2 aromatic carbocycles. The van der Waals surface area contributed by atoms with Crippen LogP contribution in [0.15, 0.2) is 41.0 Å². The van der Waals surface area contributed by atoms with Crippen molar-refractivity contribution in [1.82, 2.24) is 15.2 Å². The van der Waals surface area contributed by atoms with Crippen molar-refractivity contribution in [2.75, 3.05) is 42.9 Å². The largest absolute Gasteiger partial charge is 0.369 e. The van der Waals surface area contributed by atoms with E-state index in [4.69, 9.17) is 4.63 Å². The van der Waals surface area contributed by atoms with E-state index in [2.05, 4.69) is 31.5 Å². The number of amides is 1. The molecule has 0 atom stereocenters. The van der Waals surface area contributed by atoms with E-state index in [0.717, 1.165) is 46.6 Å². The van der Waals surface area contributed by atoms with Crippen LogP contribution < -0.4 is 10.2 Å². The molecule has 3 heterocycles. The summed E-state index contributed by atoms with van der Waals surface area (Å²) in [6.45, 7) is 7.29. The average molecular weight is 391 g/mol.